The topological polar surface area (TPSA) is 63.7 Å². The summed E-state index contributed by atoms with van der Waals surface area (Å²) in [6, 6.07) is 12.8. The lowest BCUT2D eigenvalue weighted by Crippen LogP contribution is -2.27. The van der Waals surface area contributed by atoms with Crippen LogP contribution in [0.4, 0.5) is 0 Å². The number of ether oxygens (including phenoxy) is 1. The van der Waals surface area contributed by atoms with Gasteiger partial charge in [-0.3, -0.25) is 0 Å². The maximum Gasteiger partial charge on any atom is 0.343 e. The highest BCUT2D eigenvalue weighted by atomic mass is 79.9. The number of esters is 1. The first kappa shape index (κ1) is 17.1. The minimum absolute atomic E-state index is 0.198. The fourth-order valence-electron chi connectivity index (χ4n) is 2.54. The van der Waals surface area contributed by atoms with Crippen LogP contribution in [0.2, 0.25) is 0 Å². The minimum Gasteiger partial charge on any atom is -0.423 e. The van der Waals surface area contributed by atoms with E-state index >= 15 is 0 Å². The Morgan fingerprint density at radius 3 is 2.33 bits per heavy atom. The van der Waals surface area contributed by atoms with E-state index in [4.69, 9.17) is 4.74 Å². The van der Waals surface area contributed by atoms with E-state index in [-0.39, 0.29) is 4.90 Å². The highest BCUT2D eigenvalue weighted by molar-refractivity contribution is 9.10. The number of sulfonamides is 1. The standard InChI is InChI=1S/C17H16BrNO4S/c18-14-4-3-5-15(12-14)23-17(20)13-6-8-16(9-7-13)24(21,22)19-10-1-2-11-19/h3-9,12H,1-2,10-11H2. The molecule has 0 aliphatic carbocycles. The van der Waals surface area contributed by atoms with Crippen molar-refractivity contribution in [1.82, 2.24) is 4.31 Å². The Hall–Kier alpha value is -1.70. The van der Waals surface area contributed by atoms with Crippen LogP contribution in [0.15, 0.2) is 57.9 Å². The highest BCUT2D eigenvalue weighted by Gasteiger charge is 2.27. The summed E-state index contributed by atoms with van der Waals surface area (Å²) in [5, 5.41) is 0. The Morgan fingerprint density at radius 1 is 1.04 bits per heavy atom. The zero-order valence-electron chi connectivity index (χ0n) is 12.8. The van der Waals surface area contributed by atoms with Crippen molar-refractivity contribution < 1.29 is 17.9 Å². The van der Waals surface area contributed by atoms with Crippen LogP contribution >= 0.6 is 15.9 Å². The second-order valence-corrected chi connectivity index (χ2v) is 8.34. The van der Waals surface area contributed by atoms with Gasteiger partial charge in [0.1, 0.15) is 5.75 Å². The van der Waals surface area contributed by atoms with E-state index in [2.05, 4.69) is 15.9 Å². The van der Waals surface area contributed by atoms with E-state index in [1.807, 2.05) is 6.07 Å². The number of halogens is 1. The van der Waals surface area contributed by atoms with E-state index in [1.165, 1.54) is 28.6 Å². The monoisotopic (exact) mass is 409 g/mol. The van der Waals surface area contributed by atoms with Gasteiger partial charge in [-0.1, -0.05) is 22.0 Å². The number of carbonyl (C=O) groups excluding carboxylic acids is 1. The summed E-state index contributed by atoms with van der Waals surface area (Å²) in [5.41, 5.74) is 0.301. The average molecular weight is 410 g/mol. The van der Waals surface area contributed by atoms with Gasteiger partial charge in [0, 0.05) is 17.6 Å². The first-order chi connectivity index (χ1) is 11.5. The van der Waals surface area contributed by atoms with Crippen LogP contribution in [0.1, 0.15) is 23.2 Å². The van der Waals surface area contributed by atoms with Gasteiger partial charge in [-0.05, 0) is 55.3 Å². The third-order valence-corrected chi connectivity index (χ3v) is 6.21. The molecule has 0 N–H and O–H groups in total. The summed E-state index contributed by atoms with van der Waals surface area (Å²) in [4.78, 5) is 12.3. The molecule has 2 aromatic rings. The van der Waals surface area contributed by atoms with Crippen LogP contribution in [-0.4, -0.2) is 31.8 Å². The van der Waals surface area contributed by atoms with Gasteiger partial charge in [-0.25, -0.2) is 13.2 Å². The van der Waals surface area contributed by atoms with Gasteiger partial charge < -0.3 is 4.74 Å². The zero-order valence-corrected chi connectivity index (χ0v) is 15.2. The van der Waals surface area contributed by atoms with Crippen LogP contribution < -0.4 is 4.74 Å². The SMILES string of the molecule is O=C(Oc1cccc(Br)c1)c1ccc(S(=O)(=O)N2CCCC2)cc1. The molecular weight excluding hydrogens is 394 g/mol. The molecule has 1 aliphatic rings. The average Bonchev–Trinajstić information content (AvgIpc) is 3.10. The van der Waals surface area contributed by atoms with Crippen molar-refractivity contribution in [2.45, 2.75) is 17.7 Å². The van der Waals surface area contributed by atoms with Crippen LogP contribution in [0.25, 0.3) is 0 Å². The normalized spacial score (nSPS) is 15.4. The molecule has 24 heavy (non-hydrogen) atoms. The number of carbonyl (C=O) groups is 1. The fourth-order valence-corrected chi connectivity index (χ4v) is 4.43. The van der Waals surface area contributed by atoms with E-state index in [0.717, 1.165) is 17.3 Å². The largest absolute Gasteiger partial charge is 0.423 e. The summed E-state index contributed by atoms with van der Waals surface area (Å²) in [7, 11) is -3.47. The Kier molecular flexibility index (Phi) is 5.03. The minimum atomic E-state index is -3.47. The second kappa shape index (κ2) is 7.04. The smallest absolute Gasteiger partial charge is 0.343 e. The first-order valence-corrected chi connectivity index (χ1v) is 9.78. The molecule has 1 aliphatic heterocycles. The molecule has 0 spiro atoms. The first-order valence-electron chi connectivity index (χ1n) is 7.55. The lowest BCUT2D eigenvalue weighted by atomic mass is 10.2. The lowest BCUT2D eigenvalue weighted by Gasteiger charge is -2.15. The maximum absolute atomic E-state index is 12.4. The van der Waals surface area contributed by atoms with Gasteiger partial charge in [-0.15, -0.1) is 0 Å². The maximum atomic E-state index is 12.4. The number of rotatable bonds is 4. The summed E-state index contributed by atoms with van der Waals surface area (Å²) < 4.78 is 32.5. The molecule has 5 nitrogen and oxygen atoms in total. The third-order valence-electron chi connectivity index (χ3n) is 3.80. The molecular formula is C17H16BrNO4S. The Bertz CT molecular complexity index is 843. The van der Waals surface area contributed by atoms with Crippen molar-refractivity contribution in [3.05, 3.63) is 58.6 Å². The molecule has 1 fully saturated rings. The van der Waals surface area contributed by atoms with E-state index < -0.39 is 16.0 Å². The molecule has 0 saturated carbocycles. The molecule has 2 aromatic carbocycles. The van der Waals surface area contributed by atoms with Crippen molar-refractivity contribution >= 4 is 31.9 Å². The van der Waals surface area contributed by atoms with Gasteiger partial charge in [0.15, 0.2) is 0 Å². The van der Waals surface area contributed by atoms with Gasteiger partial charge in [-0.2, -0.15) is 4.31 Å². The molecule has 1 heterocycles. The van der Waals surface area contributed by atoms with Gasteiger partial charge >= 0.3 is 5.97 Å². The Balaban J connectivity index is 1.75. The van der Waals surface area contributed by atoms with Crippen LogP contribution in [0, 0.1) is 0 Å². The van der Waals surface area contributed by atoms with Crippen molar-refractivity contribution in [1.29, 1.82) is 0 Å². The van der Waals surface area contributed by atoms with E-state index in [1.54, 1.807) is 18.2 Å². The van der Waals surface area contributed by atoms with Crippen molar-refractivity contribution in [3.63, 3.8) is 0 Å². The van der Waals surface area contributed by atoms with Gasteiger partial charge in [0.2, 0.25) is 10.0 Å². The number of hydrogen-bond donors (Lipinski definition) is 0. The third kappa shape index (κ3) is 3.68. The lowest BCUT2D eigenvalue weighted by molar-refractivity contribution is 0.0734. The van der Waals surface area contributed by atoms with Gasteiger partial charge in [0.25, 0.3) is 0 Å². The molecule has 1 saturated heterocycles. The molecule has 0 aromatic heterocycles. The highest BCUT2D eigenvalue weighted by Crippen LogP contribution is 2.22. The van der Waals surface area contributed by atoms with Crippen LogP contribution in [0.5, 0.6) is 5.75 Å². The Labute approximate surface area is 149 Å². The summed E-state index contributed by atoms with van der Waals surface area (Å²) in [5.74, 6) is -0.110. The number of benzene rings is 2. The summed E-state index contributed by atoms with van der Waals surface area (Å²) in [6.45, 7) is 1.10. The van der Waals surface area contributed by atoms with E-state index in [0.29, 0.717) is 24.4 Å². The van der Waals surface area contributed by atoms with Crippen molar-refractivity contribution in [2.24, 2.45) is 0 Å². The number of nitrogens with zero attached hydrogens (tertiary/aromatic N) is 1. The van der Waals surface area contributed by atoms with Crippen LogP contribution in [0.3, 0.4) is 0 Å². The number of hydrogen-bond acceptors (Lipinski definition) is 4. The predicted molar refractivity (Wildman–Crippen MR) is 93.5 cm³/mol. The molecule has 0 amide bonds. The fraction of sp³-hybridized carbons (Fsp3) is 0.235. The zero-order chi connectivity index (χ0) is 17.2. The molecule has 0 bridgehead atoms. The molecule has 3 rings (SSSR count). The van der Waals surface area contributed by atoms with Gasteiger partial charge in [0.05, 0.1) is 10.5 Å². The molecule has 0 atom stereocenters. The summed E-state index contributed by atoms with van der Waals surface area (Å²) >= 11 is 3.31. The second-order valence-electron chi connectivity index (χ2n) is 5.48. The molecule has 0 radical (unpaired) electrons. The quantitative estimate of drug-likeness (QED) is 0.572. The van der Waals surface area contributed by atoms with Crippen molar-refractivity contribution in [3.8, 4) is 5.75 Å². The molecule has 0 unspecified atom stereocenters. The molecule has 7 heteroatoms. The predicted octanol–water partition coefficient (Wildman–Crippen LogP) is 3.45. The van der Waals surface area contributed by atoms with Crippen LogP contribution in [-0.2, 0) is 10.0 Å². The molecule has 126 valence electrons. The Morgan fingerprint density at radius 2 is 1.71 bits per heavy atom. The summed E-state index contributed by atoms with van der Waals surface area (Å²) in [6.07, 6.45) is 1.77. The van der Waals surface area contributed by atoms with E-state index in [9.17, 15) is 13.2 Å². The van der Waals surface area contributed by atoms with Crippen molar-refractivity contribution in [2.75, 3.05) is 13.1 Å².